The summed E-state index contributed by atoms with van der Waals surface area (Å²) in [6.45, 7) is 0.344. The molecule has 116 valence electrons. The van der Waals surface area contributed by atoms with Crippen molar-refractivity contribution in [2.24, 2.45) is 11.1 Å². The van der Waals surface area contributed by atoms with Crippen LogP contribution < -0.4 is 10.0 Å². The van der Waals surface area contributed by atoms with Crippen LogP contribution in [-0.2, 0) is 14.8 Å². The van der Waals surface area contributed by atoms with Crippen molar-refractivity contribution in [3.63, 3.8) is 0 Å². The van der Waals surface area contributed by atoms with E-state index in [2.05, 4.69) is 4.98 Å². The number of nitrogens with zero attached hydrogens (tertiary/aromatic N) is 2. The van der Waals surface area contributed by atoms with E-state index in [1.807, 2.05) is 30.3 Å². The van der Waals surface area contributed by atoms with Crippen molar-refractivity contribution in [1.29, 1.82) is 0 Å². The molecule has 1 amide bonds. The van der Waals surface area contributed by atoms with Gasteiger partial charge in [0.05, 0.1) is 10.6 Å². The molecule has 1 aromatic heterocycles. The van der Waals surface area contributed by atoms with Crippen molar-refractivity contribution in [3.05, 3.63) is 36.5 Å². The highest BCUT2D eigenvalue weighted by molar-refractivity contribution is 7.89. The third kappa shape index (κ3) is 3.34. The molecule has 2 aromatic rings. The molecule has 0 spiro atoms. The van der Waals surface area contributed by atoms with E-state index in [4.69, 9.17) is 5.14 Å². The molecule has 1 saturated heterocycles. The van der Waals surface area contributed by atoms with Gasteiger partial charge in [0.1, 0.15) is 0 Å². The first-order chi connectivity index (χ1) is 10.4. The Morgan fingerprint density at radius 3 is 2.73 bits per heavy atom. The molecule has 1 atom stereocenters. The van der Waals surface area contributed by atoms with Crippen LogP contribution in [0.25, 0.3) is 10.4 Å². The number of nitrogens with two attached hydrogens (primary N) is 1. The lowest BCUT2D eigenvalue weighted by Crippen LogP contribution is -2.27. The standard InChI is InChI=1S/C14H15N3O3S2/c15-22(19,20)9-10-6-13(18)17(8-10)14-16-7-12(21-14)11-4-2-1-3-5-11/h1-5,7,10H,6,8-9H2,(H2,15,19,20). The van der Waals surface area contributed by atoms with E-state index in [1.54, 1.807) is 11.1 Å². The Morgan fingerprint density at radius 2 is 2.05 bits per heavy atom. The van der Waals surface area contributed by atoms with Crippen LogP contribution in [0.15, 0.2) is 36.5 Å². The summed E-state index contributed by atoms with van der Waals surface area (Å²) in [5.41, 5.74) is 1.04. The highest BCUT2D eigenvalue weighted by atomic mass is 32.2. The van der Waals surface area contributed by atoms with Gasteiger partial charge in [0.15, 0.2) is 5.13 Å². The molecular formula is C14H15N3O3S2. The smallest absolute Gasteiger partial charge is 0.229 e. The predicted octanol–water partition coefficient (Wildman–Crippen LogP) is 1.45. The number of rotatable bonds is 4. The van der Waals surface area contributed by atoms with E-state index in [0.717, 1.165) is 10.4 Å². The second kappa shape index (κ2) is 5.79. The number of anilines is 1. The zero-order valence-corrected chi connectivity index (χ0v) is 13.3. The monoisotopic (exact) mass is 337 g/mol. The SMILES string of the molecule is NS(=O)(=O)CC1CC(=O)N(c2ncc(-c3ccccc3)s2)C1. The van der Waals surface area contributed by atoms with Gasteiger partial charge >= 0.3 is 0 Å². The minimum absolute atomic E-state index is 0.109. The Kier molecular flexibility index (Phi) is 3.98. The molecule has 8 heteroatoms. The molecule has 0 saturated carbocycles. The summed E-state index contributed by atoms with van der Waals surface area (Å²) >= 11 is 1.42. The van der Waals surface area contributed by atoms with Crippen molar-refractivity contribution >= 4 is 32.4 Å². The van der Waals surface area contributed by atoms with Gasteiger partial charge in [0, 0.05) is 25.1 Å². The maximum Gasteiger partial charge on any atom is 0.229 e. The quantitative estimate of drug-likeness (QED) is 0.914. The number of amides is 1. The lowest BCUT2D eigenvalue weighted by molar-refractivity contribution is -0.117. The average Bonchev–Trinajstić information content (AvgIpc) is 3.05. The summed E-state index contributed by atoms with van der Waals surface area (Å²) in [4.78, 5) is 18.9. The number of hydrogen-bond acceptors (Lipinski definition) is 5. The van der Waals surface area contributed by atoms with Crippen LogP contribution in [0.4, 0.5) is 5.13 Å². The molecule has 1 aromatic carbocycles. The maximum absolute atomic E-state index is 12.1. The highest BCUT2D eigenvalue weighted by Gasteiger charge is 2.34. The van der Waals surface area contributed by atoms with Gasteiger partial charge in [-0.05, 0) is 5.56 Å². The minimum Gasteiger partial charge on any atom is -0.288 e. The van der Waals surface area contributed by atoms with E-state index in [9.17, 15) is 13.2 Å². The zero-order chi connectivity index (χ0) is 15.7. The number of thiazole rings is 1. The van der Waals surface area contributed by atoms with Crippen LogP contribution >= 0.6 is 11.3 Å². The Bertz CT molecular complexity index is 787. The zero-order valence-electron chi connectivity index (χ0n) is 11.7. The van der Waals surface area contributed by atoms with Gasteiger partial charge in [-0.1, -0.05) is 41.7 Å². The maximum atomic E-state index is 12.1. The van der Waals surface area contributed by atoms with Gasteiger partial charge < -0.3 is 0 Å². The van der Waals surface area contributed by atoms with Crippen molar-refractivity contribution < 1.29 is 13.2 Å². The number of carbonyl (C=O) groups is 1. The second-order valence-electron chi connectivity index (χ2n) is 5.28. The molecule has 22 heavy (non-hydrogen) atoms. The lowest BCUT2D eigenvalue weighted by Gasteiger charge is -2.12. The van der Waals surface area contributed by atoms with Gasteiger partial charge in [-0.2, -0.15) is 0 Å². The van der Waals surface area contributed by atoms with Gasteiger partial charge in [-0.15, -0.1) is 0 Å². The molecule has 0 aliphatic carbocycles. The molecule has 1 aliphatic heterocycles. The van der Waals surface area contributed by atoms with Crippen molar-refractivity contribution in [1.82, 2.24) is 4.98 Å². The molecule has 1 fully saturated rings. The fourth-order valence-corrected chi connectivity index (χ4v) is 4.36. The molecular weight excluding hydrogens is 322 g/mol. The summed E-state index contributed by atoms with van der Waals surface area (Å²) < 4.78 is 22.3. The first kappa shape index (κ1) is 15.1. The van der Waals surface area contributed by atoms with E-state index in [1.165, 1.54) is 11.3 Å². The number of primary sulfonamides is 1. The van der Waals surface area contributed by atoms with Crippen LogP contribution in [0.5, 0.6) is 0 Å². The Morgan fingerprint density at radius 1 is 1.32 bits per heavy atom. The van der Waals surface area contributed by atoms with Crippen LogP contribution in [0.3, 0.4) is 0 Å². The number of aromatic nitrogens is 1. The molecule has 2 N–H and O–H groups in total. The van der Waals surface area contributed by atoms with Crippen LogP contribution in [0.2, 0.25) is 0 Å². The Labute approximate surface area is 132 Å². The third-order valence-electron chi connectivity index (χ3n) is 3.46. The molecule has 0 bridgehead atoms. The number of hydrogen-bond donors (Lipinski definition) is 1. The van der Waals surface area contributed by atoms with Gasteiger partial charge in [-0.3, -0.25) is 9.69 Å². The second-order valence-corrected chi connectivity index (χ2v) is 7.95. The fourth-order valence-electron chi connectivity index (χ4n) is 2.53. The number of carbonyl (C=O) groups excluding carboxylic acids is 1. The molecule has 2 heterocycles. The lowest BCUT2D eigenvalue weighted by atomic mass is 10.1. The normalized spacial score (nSPS) is 18.9. The molecule has 0 radical (unpaired) electrons. The molecule has 6 nitrogen and oxygen atoms in total. The minimum atomic E-state index is -3.57. The fraction of sp³-hybridized carbons (Fsp3) is 0.286. The largest absolute Gasteiger partial charge is 0.288 e. The van der Waals surface area contributed by atoms with E-state index < -0.39 is 10.0 Å². The van der Waals surface area contributed by atoms with E-state index in [-0.39, 0.29) is 24.0 Å². The summed E-state index contributed by atoms with van der Waals surface area (Å²) in [7, 11) is -3.57. The summed E-state index contributed by atoms with van der Waals surface area (Å²) in [5, 5.41) is 5.65. The first-order valence-corrected chi connectivity index (χ1v) is 9.27. The van der Waals surface area contributed by atoms with Crippen LogP contribution in [0.1, 0.15) is 6.42 Å². The first-order valence-electron chi connectivity index (χ1n) is 6.74. The molecule has 3 rings (SSSR count). The average molecular weight is 337 g/mol. The third-order valence-corrected chi connectivity index (χ3v) is 5.46. The topological polar surface area (TPSA) is 93.4 Å². The number of sulfonamides is 1. The highest BCUT2D eigenvalue weighted by Crippen LogP contribution is 2.34. The van der Waals surface area contributed by atoms with Crippen molar-refractivity contribution in [2.75, 3.05) is 17.2 Å². The molecule has 1 aliphatic rings. The van der Waals surface area contributed by atoms with Gasteiger partial charge in [-0.25, -0.2) is 18.5 Å². The van der Waals surface area contributed by atoms with Crippen molar-refractivity contribution in [3.8, 4) is 10.4 Å². The van der Waals surface area contributed by atoms with Gasteiger partial charge in [0.2, 0.25) is 15.9 Å². The van der Waals surface area contributed by atoms with E-state index in [0.29, 0.717) is 11.7 Å². The predicted molar refractivity (Wildman–Crippen MR) is 86.0 cm³/mol. The van der Waals surface area contributed by atoms with Gasteiger partial charge in [0.25, 0.3) is 0 Å². The van der Waals surface area contributed by atoms with Crippen molar-refractivity contribution in [2.45, 2.75) is 6.42 Å². The van der Waals surface area contributed by atoms with Crippen LogP contribution in [0, 0.1) is 5.92 Å². The Balaban J connectivity index is 1.78. The summed E-state index contributed by atoms with van der Waals surface area (Å²) in [6.07, 6.45) is 1.92. The molecule has 1 unspecified atom stereocenters. The summed E-state index contributed by atoms with van der Waals surface area (Å²) in [5.74, 6) is -0.555. The number of benzene rings is 1. The van der Waals surface area contributed by atoms with E-state index >= 15 is 0 Å². The Hall–Kier alpha value is -1.77. The summed E-state index contributed by atoms with van der Waals surface area (Å²) in [6, 6.07) is 9.78. The van der Waals surface area contributed by atoms with Crippen LogP contribution in [-0.4, -0.2) is 31.6 Å².